The zero-order chi connectivity index (χ0) is 33.0. The van der Waals surface area contributed by atoms with Crippen molar-refractivity contribution in [1.82, 2.24) is 19.9 Å². The molecule has 0 aliphatic carbocycles. The monoisotopic (exact) mass is 738 g/mol. The number of benzene rings is 6. The Hall–Kier alpha value is -5.66. The van der Waals surface area contributed by atoms with Crippen LogP contribution in [0.5, 0.6) is 0 Å². The van der Waals surface area contributed by atoms with Gasteiger partial charge >= 0.3 is 19.5 Å². The largest absolute Gasteiger partial charge is 3.00 e. The van der Waals surface area contributed by atoms with Gasteiger partial charge in [0, 0.05) is 22.3 Å². The van der Waals surface area contributed by atoms with Gasteiger partial charge in [-0.1, -0.05) is 24.3 Å². The summed E-state index contributed by atoms with van der Waals surface area (Å²) in [6, 6.07) is 39.5. The summed E-state index contributed by atoms with van der Waals surface area (Å²) in [7, 11) is 0. The van der Waals surface area contributed by atoms with Gasteiger partial charge in [0.05, 0.1) is 44.8 Å². The number of hydrogen-bond donors (Lipinski definition) is 0. The van der Waals surface area contributed by atoms with E-state index in [0.717, 1.165) is 44.3 Å². The van der Waals surface area contributed by atoms with E-state index in [1.165, 1.54) is 48.5 Å². The molecule has 0 atom stereocenters. The number of fused-ring (bicyclic) bond motifs is 2. The summed E-state index contributed by atoms with van der Waals surface area (Å²) in [6.45, 7) is 0. The molecular weight excluding hydrogens is 714 g/mol. The third-order valence-corrected chi connectivity index (χ3v) is 7.61. The van der Waals surface area contributed by atoms with E-state index >= 15 is 0 Å². The van der Waals surface area contributed by atoms with Gasteiger partial charge in [0.2, 0.25) is 0 Å². The number of hydrogen-bond acceptors (Lipinski definition) is 4. The fraction of sp³-hybridized carbons (Fsp3) is 0. The number of rotatable bonds is 4. The second kappa shape index (κ2) is 14.6. The number of halogens is 4. The first-order valence-corrected chi connectivity index (χ1v) is 15.0. The molecular formula is C40H24F4N4Ru+3. The first kappa shape index (κ1) is 33.3. The summed E-state index contributed by atoms with van der Waals surface area (Å²) in [5.74, 6) is -1.24. The van der Waals surface area contributed by atoms with Gasteiger partial charge in [0.1, 0.15) is 23.3 Å². The van der Waals surface area contributed by atoms with Crippen LogP contribution in [0.25, 0.3) is 67.1 Å². The second-order valence-corrected chi connectivity index (χ2v) is 10.8. The average Bonchev–Trinajstić information content (AvgIpc) is 3.12. The van der Waals surface area contributed by atoms with E-state index in [0.29, 0.717) is 22.8 Å². The van der Waals surface area contributed by atoms with Gasteiger partial charge < -0.3 is 0 Å². The quantitative estimate of drug-likeness (QED) is 0.133. The van der Waals surface area contributed by atoms with Crippen molar-refractivity contribution in [3.05, 3.63) is 169 Å². The van der Waals surface area contributed by atoms with Crippen LogP contribution >= 0.6 is 0 Å². The molecule has 0 aliphatic rings. The van der Waals surface area contributed by atoms with Gasteiger partial charge in [0.15, 0.2) is 0 Å². The van der Waals surface area contributed by atoms with Crippen molar-refractivity contribution >= 4 is 22.1 Å². The zero-order valence-corrected chi connectivity index (χ0v) is 27.2. The van der Waals surface area contributed by atoms with Gasteiger partial charge in [-0.25, -0.2) is 37.5 Å². The van der Waals surface area contributed by atoms with Gasteiger partial charge in [-0.15, -0.1) is 0 Å². The van der Waals surface area contributed by atoms with Crippen LogP contribution in [0, 0.1) is 23.3 Å². The first-order chi connectivity index (χ1) is 23.4. The van der Waals surface area contributed by atoms with Crippen molar-refractivity contribution in [2.45, 2.75) is 0 Å². The Labute approximate surface area is 292 Å². The van der Waals surface area contributed by atoms with E-state index in [2.05, 4.69) is 0 Å². The zero-order valence-electron chi connectivity index (χ0n) is 25.5. The SMILES string of the molecule is Fc1ccc(-c2nc3ccccc3nc2-c2ccc(F)cc2)cc1.Fc1ccc(-c2nc3ccccc3nc2-c2ccc(F)cc2)cc1.[Ru+3]. The summed E-state index contributed by atoms with van der Waals surface area (Å²) in [5, 5.41) is 0. The Bertz CT molecular complexity index is 2030. The molecule has 8 rings (SSSR count). The molecule has 6 aromatic carbocycles. The average molecular weight is 738 g/mol. The van der Waals surface area contributed by atoms with Crippen molar-refractivity contribution in [2.75, 3.05) is 0 Å². The standard InChI is InChI=1S/2C20H12F2N2.Ru/c2*21-15-9-5-13(6-10-15)19-20(14-7-11-16(22)12-8-14)24-18-4-2-1-3-17(18)23-19;/h2*1-12H;/q;;+3. The summed E-state index contributed by atoms with van der Waals surface area (Å²) < 4.78 is 53.0. The molecule has 9 heteroatoms. The molecule has 237 valence electrons. The minimum Gasteiger partial charge on any atom is -0.244 e. The smallest absolute Gasteiger partial charge is 0.244 e. The van der Waals surface area contributed by atoms with Crippen molar-refractivity contribution in [1.29, 1.82) is 0 Å². The Morgan fingerprint density at radius 1 is 0.265 bits per heavy atom. The Morgan fingerprint density at radius 2 is 0.449 bits per heavy atom. The van der Waals surface area contributed by atoms with Crippen LogP contribution in [0.3, 0.4) is 0 Å². The summed E-state index contributed by atoms with van der Waals surface area (Å²) in [4.78, 5) is 18.8. The molecule has 49 heavy (non-hydrogen) atoms. The summed E-state index contributed by atoms with van der Waals surface area (Å²) in [5.41, 5.74) is 8.60. The van der Waals surface area contributed by atoms with E-state index in [1.807, 2.05) is 48.5 Å². The fourth-order valence-corrected chi connectivity index (χ4v) is 5.24. The van der Waals surface area contributed by atoms with Gasteiger partial charge in [-0.05, 0) is 121 Å². The number of nitrogens with zero attached hydrogens (tertiary/aromatic N) is 4. The molecule has 0 spiro atoms. The maximum Gasteiger partial charge on any atom is 3.00 e. The van der Waals surface area contributed by atoms with Crippen LogP contribution in [0.1, 0.15) is 0 Å². The maximum atomic E-state index is 13.2. The van der Waals surface area contributed by atoms with Crippen LogP contribution in [0.2, 0.25) is 0 Å². The Morgan fingerprint density at radius 3 is 0.633 bits per heavy atom. The molecule has 2 heterocycles. The van der Waals surface area contributed by atoms with E-state index < -0.39 is 0 Å². The van der Waals surface area contributed by atoms with E-state index in [1.54, 1.807) is 48.5 Å². The molecule has 0 unspecified atom stereocenters. The van der Waals surface area contributed by atoms with Gasteiger partial charge in [0.25, 0.3) is 0 Å². The molecule has 1 radical (unpaired) electrons. The number of para-hydroxylation sites is 4. The van der Waals surface area contributed by atoms with E-state index in [4.69, 9.17) is 19.9 Å². The van der Waals surface area contributed by atoms with Crippen molar-refractivity contribution < 1.29 is 37.0 Å². The van der Waals surface area contributed by atoms with E-state index in [9.17, 15) is 17.6 Å². The van der Waals surface area contributed by atoms with Crippen LogP contribution in [0.4, 0.5) is 17.6 Å². The molecule has 0 fully saturated rings. The molecule has 0 bridgehead atoms. The van der Waals surface area contributed by atoms with Crippen LogP contribution in [-0.4, -0.2) is 19.9 Å². The minimum absolute atomic E-state index is 0. The molecule has 0 amide bonds. The third-order valence-electron chi connectivity index (χ3n) is 7.61. The number of aromatic nitrogens is 4. The molecule has 0 saturated carbocycles. The third kappa shape index (κ3) is 7.42. The molecule has 0 aliphatic heterocycles. The molecule has 4 nitrogen and oxygen atoms in total. The molecule has 0 N–H and O–H groups in total. The molecule has 8 aromatic rings. The topological polar surface area (TPSA) is 51.6 Å². The van der Waals surface area contributed by atoms with Crippen molar-refractivity contribution in [2.24, 2.45) is 0 Å². The fourth-order valence-electron chi connectivity index (χ4n) is 5.24. The summed E-state index contributed by atoms with van der Waals surface area (Å²) >= 11 is 0. The minimum atomic E-state index is -0.309. The van der Waals surface area contributed by atoms with E-state index in [-0.39, 0.29) is 42.7 Å². The van der Waals surface area contributed by atoms with Gasteiger partial charge in [-0.3, -0.25) is 0 Å². The first-order valence-electron chi connectivity index (χ1n) is 15.0. The maximum absolute atomic E-state index is 13.2. The predicted octanol–water partition coefficient (Wildman–Crippen LogP) is 10.5. The molecule has 2 aromatic heterocycles. The Balaban J connectivity index is 0.000000167. The summed E-state index contributed by atoms with van der Waals surface area (Å²) in [6.07, 6.45) is 0. The van der Waals surface area contributed by atoms with Gasteiger partial charge in [-0.2, -0.15) is 0 Å². The van der Waals surface area contributed by atoms with Crippen LogP contribution in [-0.2, 0) is 19.5 Å². The predicted molar refractivity (Wildman–Crippen MR) is 181 cm³/mol. The Kier molecular flexibility index (Phi) is 9.93. The second-order valence-electron chi connectivity index (χ2n) is 10.8. The van der Waals surface area contributed by atoms with Crippen LogP contribution in [0.15, 0.2) is 146 Å². The van der Waals surface area contributed by atoms with Crippen LogP contribution < -0.4 is 0 Å². The normalized spacial score (nSPS) is 10.7. The van der Waals surface area contributed by atoms with Crippen molar-refractivity contribution in [3.63, 3.8) is 0 Å². The van der Waals surface area contributed by atoms with Crippen molar-refractivity contribution in [3.8, 4) is 45.0 Å². The molecule has 0 saturated heterocycles.